The summed E-state index contributed by atoms with van der Waals surface area (Å²) in [7, 11) is 0. The average molecular weight is 538 g/mol. The van der Waals surface area contributed by atoms with Crippen LogP contribution in [0.25, 0.3) is 0 Å². The number of nitrogens with one attached hydrogen (secondary N) is 2. The van der Waals surface area contributed by atoms with Gasteiger partial charge in [0.1, 0.15) is 17.7 Å². The van der Waals surface area contributed by atoms with Crippen LogP contribution in [0.1, 0.15) is 61.1 Å². The third kappa shape index (κ3) is 8.29. The summed E-state index contributed by atoms with van der Waals surface area (Å²) in [5.74, 6) is -0.413. The Morgan fingerprint density at radius 2 is 1.68 bits per heavy atom. The van der Waals surface area contributed by atoms with Crippen LogP contribution in [0.3, 0.4) is 0 Å². The molecule has 7 nitrogen and oxygen atoms in total. The smallest absolute Gasteiger partial charge is 0.408 e. The van der Waals surface area contributed by atoms with Crippen LogP contribution in [0.4, 0.5) is 10.5 Å². The number of benzene rings is 2. The molecule has 0 aliphatic heterocycles. The Morgan fingerprint density at radius 1 is 1.05 bits per heavy atom. The number of carbonyl (C=O) groups is 3. The predicted molar refractivity (Wildman–Crippen MR) is 155 cm³/mol. The number of amides is 3. The van der Waals surface area contributed by atoms with Gasteiger partial charge in [-0.15, -0.1) is 0 Å². The highest BCUT2D eigenvalue weighted by molar-refractivity contribution is 7.98. The molecule has 0 fully saturated rings. The molecule has 2 N–H and O–H groups in total. The fourth-order valence-electron chi connectivity index (χ4n) is 4.11. The van der Waals surface area contributed by atoms with Gasteiger partial charge in [-0.05, 0) is 89.1 Å². The van der Waals surface area contributed by atoms with Crippen LogP contribution in [0.5, 0.6) is 0 Å². The molecule has 0 saturated carbocycles. The molecule has 0 aromatic heterocycles. The molecule has 3 amide bonds. The maximum Gasteiger partial charge on any atom is 0.408 e. The van der Waals surface area contributed by atoms with Crippen molar-refractivity contribution < 1.29 is 19.1 Å². The average Bonchev–Trinajstić information content (AvgIpc) is 2.81. The van der Waals surface area contributed by atoms with Crippen molar-refractivity contribution in [3.63, 3.8) is 0 Å². The lowest BCUT2D eigenvalue weighted by Gasteiger charge is -2.31. The minimum absolute atomic E-state index is 0.315. The number of alkyl carbamates (subject to hydrolysis) is 1. The lowest BCUT2D eigenvalue weighted by atomic mass is 9.96. The van der Waals surface area contributed by atoms with E-state index in [0.717, 1.165) is 27.2 Å². The third-order valence-electron chi connectivity index (χ3n) is 5.93. The molecular formula is C30H39N3O4S. The highest BCUT2D eigenvalue weighted by atomic mass is 32.2. The van der Waals surface area contributed by atoms with Crippen molar-refractivity contribution in [2.75, 3.05) is 17.3 Å². The molecule has 0 aliphatic rings. The Morgan fingerprint density at radius 3 is 2.21 bits per heavy atom. The standard InChI is InChI=1S/C30H39N3O4S/c1-10-33(28(35)24(16-17-38-9)31-29(36)37-30(6,7)8)26(23-15-14-19(2)18-22(23)5)27(34)32-25-20(3)12-11-13-21(25)4/h1,11-15,18,24,26H,16-17H2,2-9H3,(H,31,36)(H,32,34). The van der Waals surface area contributed by atoms with E-state index in [-0.39, 0.29) is 0 Å². The summed E-state index contributed by atoms with van der Waals surface area (Å²) < 4.78 is 5.38. The highest BCUT2D eigenvalue weighted by Crippen LogP contribution is 2.29. The van der Waals surface area contributed by atoms with Crippen LogP contribution in [0.2, 0.25) is 0 Å². The van der Waals surface area contributed by atoms with Gasteiger partial charge in [-0.3, -0.25) is 14.5 Å². The Labute approximate surface area is 231 Å². The molecule has 0 bridgehead atoms. The van der Waals surface area contributed by atoms with Crippen molar-refractivity contribution in [3.8, 4) is 12.5 Å². The van der Waals surface area contributed by atoms with Gasteiger partial charge in [-0.25, -0.2) is 4.79 Å². The summed E-state index contributed by atoms with van der Waals surface area (Å²) in [4.78, 5) is 41.5. The minimum Gasteiger partial charge on any atom is -0.444 e. The molecule has 0 spiro atoms. The molecule has 2 atom stereocenters. The van der Waals surface area contributed by atoms with Gasteiger partial charge >= 0.3 is 6.09 Å². The van der Waals surface area contributed by atoms with Gasteiger partial charge in [0.05, 0.1) is 0 Å². The second-order valence-corrected chi connectivity index (χ2v) is 11.3. The Bertz CT molecular complexity index is 1190. The van der Waals surface area contributed by atoms with Gasteiger partial charge in [0, 0.05) is 11.7 Å². The largest absolute Gasteiger partial charge is 0.444 e. The quantitative estimate of drug-likeness (QED) is 0.318. The Hall–Kier alpha value is -3.44. The monoisotopic (exact) mass is 537 g/mol. The highest BCUT2D eigenvalue weighted by Gasteiger charge is 2.36. The van der Waals surface area contributed by atoms with Gasteiger partial charge in [0.15, 0.2) is 0 Å². The first kappa shape index (κ1) is 30.8. The number of para-hydroxylation sites is 1. The van der Waals surface area contributed by atoms with Crippen molar-refractivity contribution in [1.82, 2.24) is 10.2 Å². The van der Waals surface area contributed by atoms with E-state index in [0.29, 0.717) is 23.4 Å². The Balaban J connectivity index is 2.54. The second kappa shape index (κ2) is 13.4. The van der Waals surface area contributed by atoms with Gasteiger partial charge in [0.2, 0.25) is 0 Å². The minimum atomic E-state index is -1.12. The number of terminal acetylenes is 1. The number of anilines is 1. The van der Waals surface area contributed by atoms with Crippen molar-refractivity contribution in [1.29, 1.82) is 0 Å². The molecule has 8 heteroatoms. The van der Waals surface area contributed by atoms with Gasteiger partial charge < -0.3 is 15.4 Å². The van der Waals surface area contributed by atoms with E-state index < -0.39 is 35.6 Å². The molecule has 0 aliphatic carbocycles. The van der Waals surface area contributed by atoms with Crippen LogP contribution in [0, 0.1) is 40.2 Å². The zero-order chi connectivity index (χ0) is 28.6. The molecule has 0 radical (unpaired) electrons. The number of hydrogen-bond acceptors (Lipinski definition) is 5. The first-order chi connectivity index (χ1) is 17.8. The van der Waals surface area contributed by atoms with Crippen molar-refractivity contribution in [2.45, 2.75) is 72.6 Å². The lowest BCUT2D eigenvalue weighted by molar-refractivity contribution is -0.136. The van der Waals surface area contributed by atoms with Crippen LogP contribution < -0.4 is 10.6 Å². The van der Waals surface area contributed by atoms with Crippen molar-refractivity contribution in [2.24, 2.45) is 0 Å². The van der Waals surface area contributed by atoms with E-state index in [9.17, 15) is 14.4 Å². The lowest BCUT2D eigenvalue weighted by Crippen LogP contribution is -2.51. The van der Waals surface area contributed by atoms with Gasteiger partial charge in [-0.2, -0.15) is 11.8 Å². The van der Waals surface area contributed by atoms with E-state index in [1.165, 1.54) is 11.8 Å². The van der Waals surface area contributed by atoms with E-state index in [4.69, 9.17) is 11.2 Å². The SMILES string of the molecule is C#CN(C(=O)C(CCSC)NC(=O)OC(C)(C)C)C(C(=O)Nc1c(C)cccc1C)c1ccc(C)cc1C. The van der Waals surface area contributed by atoms with Gasteiger partial charge in [0.25, 0.3) is 11.8 Å². The van der Waals surface area contributed by atoms with Crippen LogP contribution >= 0.6 is 11.8 Å². The number of rotatable bonds is 9. The molecule has 204 valence electrons. The normalized spacial score (nSPS) is 12.6. The predicted octanol–water partition coefficient (Wildman–Crippen LogP) is 5.67. The van der Waals surface area contributed by atoms with Crippen LogP contribution in [-0.4, -0.2) is 46.5 Å². The molecule has 2 aromatic carbocycles. The van der Waals surface area contributed by atoms with Crippen molar-refractivity contribution >= 4 is 35.4 Å². The fourth-order valence-corrected chi connectivity index (χ4v) is 4.58. The van der Waals surface area contributed by atoms with E-state index in [1.807, 2.05) is 70.3 Å². The molecular weight excluding hydrogens is 498 g/mol. The number of carbonyl (C=O) groups excluding carboxylic acids is 3. The number of hydrogen-bond donors (Lipinski definition) is 2. The van der Waals surface area contributed by atoms with E-state index in [2.05, 4.69) is 16.7 Å². The maximum absolute atomic E-state index is 13.9. The van der Waals surface area contributed by atoms with Gasteiger partial charge in [-0.1, -0.05) is 48.4 Å². The molecule has 38 heavy (non-hydrogen) atoms. The summed E-state index contributed by atoms with van der Waals surface area (Å²) in [5.41, 5.74) is 4.15. The van der Waals surface area contributed by atoms with Crippen molar-refractivity contribution in [3.05, 3.63) is 64.2 Å². The molecule has 0 heterocycles. The zero-order valence-electron chi connectivity index (χ0n) is 23.6. The third-order valence-corrected chi connectivity index (χ3v) is 6.58. The summed E-state index contributed by atoms with van der Waals surface area (Å²) in [6.45, 7) is 12.9. The van der Waals surface area contributed by atoms with Crippen LogP contribution in [0.15, 0.2) is 36.4 Å². The van der Waals surface area contributed by atoms with E-state index >= 15 is 0 Å². The summed E-state index contributed by atoms with van der Waals surface area (Å²) in [6.07, 6.45) is 7.40. The molecule has 2 aromatic rings. The van der Waals surface area contributed by atoms with E-state index in [1.54, 1.807) is 20.8 Å². The fraction of sp³-hybridized carbons (Fsp3) is 0.433. The van der Waals surface area contributed by atoms with Crippen LogP contribution in [-0.2, 0) is 14.3 Å². The molecule has 2 rings (SSSR count). The zero-order valence-corrected chi connectivity index (χ0v) is 24.4. The summed E-state index contributed by atoms with van der Waals surface area (Å²) in [5, 5.41) is 5.66. The molecule has 2 unspecified atom stereocenters. The summed E-state index contributed by atoms with van der Waals surface area (Å²) >= 11 is 1.53. The number of aryl methyl sites for hydroxylation is 4. The second-order valence-electron chi connectivity index (χ2n) is 10.3. The first-order valence-electron chi connectivity index (χ1n) is 12.5. The number of nitrogens with zero attached hydrogens (tertiary/aromatic N) is 1. The maximum atomic E-state index is 13.9. The topological polar surface area (TPSA) is 87.7 Å². The molecule has 0 saturated heterocycles. The Kier molecular flexibility index (Phi) is 10.8. The summed E-state index contributed by atoms with van der Waals surface area (Å²) in [6, 6.07) is 11.7. The number of thioether (sulfide) groups is 1. The number of ether oxygens (including phenoxy) is 1. The first-order valence-corrected chi connectivity index (χ1v) is 13.9.